The largest absolute Gasteiger partial charge is 0.493 e. The van der Waals surface area contributed by atoms with Gasteiger partial charge in [0.25, 0.3) is 5.56 Å². The number of ether oxygens (including phenoxy) is 1. The first kappa shape index (κ1) is 10.2. The summed E-state index contributed by atoms with van der Waals surface area (Å²) in [5.41, 5.74) is -0.614. The number of nitrogens with one attached hydrogen (secondary N) is 1. The van der Waals surface area contributed by atoms with E-state index in [-0.39, 0.29) is 18.6 Å². The topological polar surface area (TPSA) is 92.3 Å². The fraction of sp³-hybridized carbons (Fsp3) is 0.375. The number of carbonyl (C=O) groups is 1. The van der Waals surface area contributed by atoms with Gasteiger partial charge in [-0.3, -0.25) is 9.59 Å². The summed E-state index contributed by atoms with van der Waals surface area (Å²) in [5.74, 6) is -1.01. The Bertz CT molecular complexity index is 385. The van der Waals surface area contributed by atoms with Gasteiger partial charge in [-0.25, -0.2) is 4.98 Å². The lowest BCUT2D eigenvalue weighted by Crippen LogP contribution is -2.18. The molecule has 76 valence electrons. The Morgan fingerprint density at radius 3 is 3.00 bits per heavy atom. The van der Waals surface area contributed by atoms with Crippen molar-refractivity contribution in [2.75, 3.05) is 6.61 Å². The Hall–Kier alpha value is -1.85. The van der Waals surface area contributed by atoms with Crippen molar-refractivity contribution in [2.24, 2.45) is 0 Å². The first-order valence-electron chi connectivity index (χ1n) is 4.06. The molecular formula is C8H10N2O4. The summed E-state index contributed by atoms with van der Waals surface area (Å²) in [6.07, 6.45) is 0.787. The van der Waals surface area contributed by atoms with Crippen LogP contribution in [-0.2, 0) is 16.0 Å². The molecule has 0 aliphatic carbocycles. The van der Waals surface area contributed by atoms with Gasteiger partial charge in [0.15, 0.2) is 0 Å². The van der Waals surface area contributed by atoms with Crippen molar-refractivity contribution in [3.05, 3.63) is 22.2 Å². The van der Waals surface area contributed by atoms with Crippen LogP contribution in [0.1, 0.15) is 12.5 Å². The van der Waals surface area contributed by atoms with Crippen molar-refractivity contribution in [1.82, 2.24) is 9.97 Å². The maximum absolute atomic E-state index is 11.1. The average molecular weight is 198 g/mol. The van der Waals surface area contributed by atoms with E-state index < -0.39 is 17.4 Å². The van der Waals surface area contributed by atoms with Crippen LogP contribution in [0.4, 0.5) is 0 Å². The van der Waals surface area contributed by atoms with Gasteiger partial charge in [-0.15, -0.1) is 0 Å². The summed E-state index contributed by atoms with van der Waals surface area (Å²) >= 11 is 0. The Morgan fingerprint density at radius 1 is 1.71 bits per heavy atom. The number of carbonyl (C=O) groups excluding carboxylic acids is 1. The second-order valence-electron chi connectivity index (χ2n) is 2.52. The number of rotatable bonds is 3. The van der Waals surface area contributed by atoms with Crippen LogP contribution in [0.15, 0.2) is 11.1 Å². The number of hydrogen-bond acceptors (Lipinski definition) is 5. The number of hydrogen-bond donors (Lipinski definition) is 2. The molecule has 6 heteroatoms. The number of H-pyrrole nitrogens is 1. The summed E-state index contributed by atoms with van der Waals surface area (Å²) in [6.45, 7) is 1.89. The van der Waals surface area contributed by atoms with Gasteiger partial charge in [-0.1, -0.05) is 0 Å². The van der Waals surface area contributed by atoms with E-state index in [1.54, 1.807) is 6.92 Å². The van der Waals surface area contributed by atoms with E-state index in [1.807, 2.05) is 0 Å². The highest BCUT2D eigenvalue weighted by Crippen LogP contribution is 2.07. The quantitative estimate of drug-likeness (QED) is 0.643. The molecule has 1 heterocycles. The van der Waals surface area contributed by atoms with Gasteiger partial charge in [0.2, 0.25) is 5.88 Å². The van der Waals surface area contributed by atoms with E-state index in [0.717, 1.165) is 6.33 Å². The Kier molecular flexibility index (Phi) is 3.22. The van der Waals surface area contributed by atoms with Crippen molar-refractivity contribution in [3.8, 4) is 5.88 Å². The van der Waals surface area contributed by atoms with E-state index in [1.165, 1.54) is 0 Å². The summed E-state index contributed by atoms with van der Waals surface area (Å²) in [4.78, 5) is 27.8. The lowest BCUT2D eigenvalue weighted by Gasteiger charge is -2.01. The zero-order valence-electron chi connectivity index (χ0n) is 7.61. The first-order valence-corrected chi connectivity index (χ1v) is 4.06. The summed E-state index contributed by atoms with van der Waals surface area (Å²) in [6, 6.07) is 0. The Balaban J connectivity index is 2.86. The predicted molar refractivity (Wildman–Crippen MR) is 46.9 cm³/mol. The molecule has 0 radical (unpaired) electrons. The van der Waals surface area contributed by atoms with Crippen molar-refractivity contribution < 1.29 is 14.6 Å². The van der Waals surface area contributed by atoms with E-state index >= 15 is 0 Å². The second kappa shape index (κ2) is 4.40. The third-order valence-corrected chi connectivity index (χ3v) is 1.55. The number of nitrogens with zero attached hydrogens (tertiary/aromatic N) is 1. The molecule has 0 atom stereocenters. The molecule has 0 amide bonds. The summed E-state index contributed by atoms with van der Waals surface area (Å²) in [5, 5.41) is 9.17. The predicted octanol–water partition coefficient (Wildman–Crippen LogP) is -0.419. The maximum Gasteiger partial charge on any atom is 0.310 e. The molecule has 0 spiro atoms. The number of aromatic hydroxyl groups is 1. The zero-order valence-corrected chi connectivity index (χ0v) is 7.61. The van der Waals surface area contributed by atoms with Crippen molar-refractivity contribution in [1.29, 1.82) is 0 Å². The van der Waals surface area contributed by atoms with Crippen LogP contribution in [0.25, 0.3) is 0 Å². The highest BCUT2D eigenvalue weighted by atomic mass is 16.5. The molecule has 2 N–H and O–H groups in total. The van der Waals surface area contributed by atoms with Crippen LogP contribution in [0, 0.1) is 0 Å². The average Bonchev–Trinajstić information content (AvgIpc) is 2.12. The molecule has 1 aromatic heterocycles. The Labute approximate surface area is 79.6 Å². The van der Waals surface area contributed by atoms with Crippen molar-refractivity contribution in [2.45, 2.75) is 13.3 Å². The van der Waals surface area contributed by atoms with Crippen molar-refractivity contribution in [3.63, 3.8) is 0 Å². The van der Waals surface area contributed by atoms with Crippen molar-refractivity contribution >= 4 is 5.97 Å². The number of aromatic amines is 1. The van der Waals surface area contributed by atoms with Crippen LogP contribution in [0.3, 0.4) is 0 Å². The normalized spacial score (nSPS) is 9.79. The molecule has 0 unspecified atom stereocenters. The molecule has 14 heavy (non-hydrogen) atoms. The molecule has 0 aliphatic heterocycles. The van der Waals surface area contributed by atoms with E-state index in [2.05, 4.69) is 14.7 Å². The van der Waals surface area contributed by atoms with Crippen LogP contribution < -0.4 is 5.56 Å². The highest BCUT2D eigenvalue weighted by molar-refractivity contribution is 5.72. The molecule has 1 rings (SSSR count). The standard InChI is InChI=1S/C8H10N2O4/c1-2-14-6(11)3-5-7(12)9-4-10-8(5)13/h4H,2-3H2,1H3,(H2,9,10,12,13). The van der Waals surface area contributed by atoms with Crippen LogP contribution in [-0.4, -0.2) is 27.7 Å². The van der Waals surface area contributed by atoms with E-state index in [9.17, 15) is 9.59 Å². The van der Waals surface area contributed by atoms with E-state index in [0.29, 0.717) is 0 Å². The molecule has 1 aromatic rings. The fourth-order valence-electron chi connectivity index (χ4n) is 0.934. The van der Waals surface area contributed by atoms with Crippen LogP contribution in [0.2, 0.25) is 0 Å². The third-order valence-electron chi connectivity index (χ3n) is 1.55. The van der Waals surface area contributed by atoms with Gasteiger partial charge in [-0.05, 0) is 6.92 Å². The molecule has 0 aromatic carbocycles. The minimum absolute atomic E-state index is 0.0778. The van der Waals surface area contributed by atoms with Crippen LogP contribution >= 0.6 is 0 Å². The zero-order chi connectivity index (χ0) is 10.6. The van der Waals surface area contributed by atoms with Gasteiger partial charge in [-0.2, -0.15) is 0 Å². The monoisotopic (exact) mass is 198 g/mol. The van der Waals surface area contributed by atoms with E-state index in [4.69, 9.17) is 5.11 Å². The minimum atomic E-state index is -0.568. The molecule has 0 aliphatic rings. The molecule has 0 bridgehead atoms. The summed E-state index contributed by atoms with van der Waals surface area (Å²) < 4.78 is 4.63. The second-order valence-corrected chi connectivity index (χ2v) is 2.52. The maximum atomic E-state index is 11.1. The van der Waals surface area contributed by atoms with Gasteiger partial charge >= 0.3 is 5.97 Å². The first-order chi connectivity index (χ1) is 6.65. The Morgan fingerprint density at radius 2 is 2.43 bits per heavy atom. The van der Waals surface area contributed by atoms with Gasteiger partial charge in [0, 0.05) is 0 Å². The molecular weight excluding hydrogens is 188 g/mol. The molecule has 6 nitrogen and oxygen atoms in total. The SMILES string of the molecule is CCOC(=O)Cc1c(O)nc[nH]c1=O. The number of esters is 1. The minimum Gasteiger partial charge on any atom is -0.493 e. The lowest BCUT2D eigenvalue weighted by atomic mass is 10.2. The van der Waals surface area contributed by atoms with Crippen LogP contribution in [0.5, 0.6) is 5.88 Å². The fourth-order valence-corrected chi connectivity index (χ4v) is 0.934. The van der Waals surface area contributed by atoms with Gasteiger partial charge in [0.05, 0.1) is 24.9 Å². The van der Waals surface area contributed by atoms with Gasteiger partial charge < -0.3 is 14.8 Å². The third kappa shape index (κ3) is 2.32. The molecule has 0 saturated carbocycles. The lowest BCUT2D eigenvalue weighted by molar-refractivity contribution is -0.142. The molecule has 0 saturated heterocycles. The summed E-state index contributed by atoms with van der Waals surface area (Å²) in [7, 11) is 0. The van der Waals surface area contributed by atoms with Gasteiger partial charge in [0.1, 0.15) is 0 Å². The smallest absolute Gasteiger partial charge is 0.310 e. The number of aromatic nitrogens is 2. The molecule has 0 fully saturated rings. The highest BCUT2D eigenvalue weighted by Gasteiger charge is 2.12.